The van der Waals surface area contributed by atoms with E-state index in [4.69, 9.17) is 4.74 Å². The smallest absolute Gasteiger partial charge is 0.321 e. The summed E-state index contributed by atoms with van der Waals surface area (Å²) in [5.74, 6) is 1.04. The van der Waals surface area contributed by atoms with Gasteiger partial charge < -0.3 is 10.1 Å². The van der Waals surface area contributed by atoms with Crippen molar-refractivity contribution in [1.29, 1.82) is 0 Å². The van der Waals surface area contributed by atoms with E-state index in [-0.39, 0.29) is 5.91 Å². The Morgan fingerprint density at radius 3 is 2.58 bits per heavy atom. The molecule has 1 amide bonds. The van der Waals surface area contributed by atoms with Crippen LogP contribution in [-0.2, 0) is 4.79 Å². The van der Waals surface area contributed by atoms with Crippen molar-refractivity contribution >= 4 is 23.4 Å². The summed E-state index contributed by atoms with van der Waals surface area (Å²) in [5.41, 5.74) is 0.736. The van der Waals surface area contributed by atoms with Crippen LogP contribution in [0.4, 0.5) is 5.69 Å². The molecule has 0 fully saturated rings. The summed E-state index contributed by atoms with van der Waals surface area (Å²) in [7, 11) is 0. The van der Waals surface area contributed by atoms with E-state index in [2.05, 4.69) is 15.3 Å². The molecule has 0 saturated heterocycles. The third-order valence-electron chi connectivity index (χ3n) is 2.16. The Morgan fingerprint density at radius 2 is 1.95 bits per heavy atom. The summed E-state index contributed by atoms with van der Waals surface area (Å²) in [6, 6.07) is 9.07. The maximum atomic E-state index is 11.4. The Morgan fingerprint density at radius 1 is 1.26 bits per heavy atom. The quantitative estimate of drug-likeness (QED) is 0.908. The number of nitrogens with zero attached hydrogens (tertiary/aromatic N) is 2. The maximum absolute atomic E-state index is 11.4. The van der Waals surface area contributed by atoms with Gasteiger partial charge in [0.05, 0.1) is 5.75 Å². The number of anilines is 1. The summed E-state index contributed by atoms with van der Waals surface area (Å²) in [4.78, 5) is 19.3. The van der Waals surface area contributed by atoms with Crippen LogP contribution in [0.3, 0.4) is 0 Å². The molecule has 0 atom stereocenters. The Balaban J connectivity index is 1.97. The van der Waals surface area contributed by atoms with Crippen molar-refractivity contribution in [1.82, 2.24) is 9.97 Å². The molecule has 1 N–H and O–H groups in total. The van der Waals surface area contributed by atoms with Crippen molar-refractivity contribution in [2.24, 2.45) is 0 Å². The number of ether oxygens (including phenoxy) is 1. The minimum Gasteiger partial charge on any atom is -0.424 e. The highest BCUT2D eigenvalue weighted by Gasteiger charge is 2.02. The van der Waals surface area contributed by atoms with Crippen LogP contribution in [0.5, 0.6) is 11.8 Å². The molecule has 6 heteroatoms. The van der Waals surface area contributed by atoms with E-state index in [9.17, 15) is 4.79 Å². The van der Waals surface area contributed by atoms with E-state index >= 15 is 0 Å². The highest BCUT2D eigenvalue weighted by atomic mass is 32.2. The number of nitrogens with one attached hydrogen (secondary N) is 1. The molecule has 2 rings (SSSR count). The van der Waals surface area contributed by atoms with Crippen LogP contribution < -0.4 is 10.1 Å². The summed E-state index contributed by atoms with van der Waals surface area (Å²) < 4.78 is 5.45. The lowest BCUT2D eigenvalue weighted by molar-refractivity contribution is -0.113. The van der Waals surface area contributed by atoms with Crippen molar-refractivity contribution in [3.05, 3.63) is 42.7 Å². The van der Waals surface area contributed by atoms with E-state index in [1.807, 2.05) is 6.26 Å². The fraction of sp³-hybridized carbons (Fsp3) is 0.154. The van der Waals surface area contributed by atoms with Crippen LogP contribution in [0.15, 0.2) is 42.7 Å². The number of hydrogen-bond donors (Lipinski definition) is 1. The van der Waals surface area contributed by atoms with Gasteiger partial charge in [-0.25, -0.2) is 9.97 Å². The largest absolute Gasteiger partial charge is 0.424 e. The Bertz CT molecular complexity index is 531. The lowest BCUT2D eigenvalue weighted by Crippen LogP contribution is -2.13. The highest BCUT2D eigenvalue weighted by Crippen LogP contribution is 2.19. The molecule has 0 bridgehead atoms. The second kappa shape index (κ2) is 6.75. The van der Waals surface area contributed by atoms with Crippen molar-refractivity contribution in [3.8, 4) is 11.8 Å². The van der Waals surface area contributed by atoms with Gasteiger partial charge >= 0.3 is 6.01 Å². The molecule has 0 spiro atoms. The fourth-order valence-electron chi connectivity index (χ4n) is 1.38. The van der Waals surface area contributed by atoms with E-state index in [0.717, 1.165) is 5.69 Å². The Kier molecular flexibility index (Phi) is 4.74. The second-order valence-electron chi connectivity index (χ2n) is 3.64. The van der Waals surface area contributed by atoms with Gasteiger partial charge in [0.2, 0.25) is 5.91 Å². The molecular formula is C13H13N3O2S. The molecule has 0 aliphatic heterocycles. The molecule has 0 unspecified atom stereocenters. The molecular weight excluding hydrogens is 262 g/mol. The topological polar surface area (TPSA) is 64.1 Å². The number of benzene rings is 1. The third kappa shape index (κ3) is 4.26. The number of carbonyl (C=O) groups is 1. The first-order chi connectivity index (χ1) is 9.28. The molecule has 0 aliphatic rings. The molecule has 1 aromatic carbocycles. The number of rotatable bonds is 5. The molecule has 2 aromatic rings. The molecule has 1 aromatic heterocycles. The predicted molar refractivity (Wildman–Crippen MR) is 75.6 cm³/mol. The minimum absolute atomic E-state index is 0.0208. The van der Waals surface area contributed by atoms with Gasteiger partial charge in [0.1, 0.15) is 5.75 Å². The highest BCUT2D eigenvalue weighted by molar-refractivity contribution is 7.99. The first-order valence-corrected chi connectivity index (χ1v) is 7.01. The predicted octanol–water partition coefficient (Wildman–Crippen LogP) is 2.57. The second-order valence-corrected chi connectivity index (χ2v) is 4.51. The number of thioether (sulfide) groups is 1. The zero-order chi connectivity index (χ0) is 13.5. The molecule has 0 radical (unpaired) electrons. The van der Waals surface area contributed by atoms with Gasteiger partial charge in [0.15, 0.2) is 0 Å². The molecule has 1 heterocycles. The van der Waals surface area contributed by atoms with Gasteiger partial charge in [-0.05, 0) is 36.6 Å². The van der Waals surface area contributed by atoms with Crippen molar-refractivity contribution < 1.29 is 9.53 Å². The summed E-state index contributed by atoms with van der Waals surface area (Å²) >= 11 is 1.48. The Hall–Kier alpha value is -2.08. The van der Waals surface area contributed by atoms with Crippen molar-refractivity contribution in [2.45, 2.75) is 0 Å². The van der Waals surface area contributed by atoms with E-state index in [0.29, 0.717) is 17.5 Å². The summed E-state index contributed by atoms with van der Waals surface area (Å²) in [6.07, 6.45) is 5.11. The Labute approximate surface area is 115 Å². The first-order valence-electron chi connectivity index (χ1n) is 5.61. The van der Waals surface area contributed by atoms with Crippen molar-refractivity contribution in [2.75, 3.05) is 17.3 Å². The average molecular weight is 275 g/mol. The zero-order valence-corrected chi connectivity index (χ0v) is 11.2. The monoisotopic (exact) mass is 275 g/mol. The number of amides is 1. The third-order valence-corrected chi connectivity index (χ3v) is 2.72. The molecule has 0 aliphatic carbocycles. The van der Waals surface area contributed by atoms with Gasteiger partial charge in [-0.1, -0.05) is 0 Å². The van der Waals surface area contributed by atoms with Gasteiger partial charge in [-0.15, -0.1) is 0 Å². The fourth-order valence-corrected chi connectivity index (χ4v) is 1.71. The zero-order valence-electron chi connectivity index (χ0n) is 10.4. The lowest BCUT2D eigenvalue weighted by atomic mass is 10.3. The normalized spacial score (nSPS) is 9.95. The summed E-state index contributed by atoms with van der Waals surface area (Å²) in [5, 5.41) is 2.79. The van der Waals surface area contributed by atoms with Crippen LogP contribution in [-0.4, -0.2) is 27.9 Å². The van der Waals surface area contributed by atoms with Crippen LogP contribution in [0.2, 0.25) is 0 Å². The molecule has 0 saturated carbocycles. The SMILES string of the molecule is CSCC(=O)Nc1ccc(Oc2ncccn2)cc1. The number of aromatic nitrogens is 2. The van der Waals surface area contributed by atoms with Crippen molar-refractivity contribution in [3.63, 3.8) is 0 Å². The van der Waals surface area contributed by atoms with Gasteiger partial charge in [0.25, 0.3) is 0 Å². The van der Waals surface area contributed by atoms with Crippen LogP contribution >= 0.6 is 11.8 Å². The van der Waals surface area contributed by atoms with Gasteiger partial charge in [-0.2, -0.15) is 11.8 Å². The average Bonchev–Trinajstić information content (AvgIpc) is 2.42. The maximum Gasteiger partial charge on any atom is 0.321 e. The van der Waals surface area contributed by atoms with E-state index in [1.165, 1.54) is 11.8 Å². The van der Waals surface area contributed by atoms with Crippen LogP contribution in [0, 0.1) is 0 Å². The molecule has 98 valence electrons. The van der Waals surface area contributed by atoms with E-state index in [1.54, 1.807) is 42.7 Å². The molecule has 19 heavy (non-hydrogen) atoms. The van der Waals surface area contributed by atoms with Crippen LogP contribution in [0.25, 0.3) is 0 Å². The summed E-state index contributed by atoms with van der Waals surface area (Å²) in [6.45, 7) is 0. The van der Waals surface area contributed by atoms with E-state index < -0.39 is 0 Å². The van der Waals surface area contributed by atoms with Crippen LogP contribution in [0.1, 0.15) is 0 Å². The lowest BCUT2D eigenvalue weighted by Gasteiger charge is -2.06. The first kappa shape index (κ1) is 13.4. The van der Waals surface area contributed by atoms with Gasteiger partial charge in [0, 0.05) is 18.1 Å². The minimum atomic E-state index is -0.0208. The standard InChI is InChI=1S/C13H13N3O2S/c1-19-9-12(17)16-10-3-5-11(6-4-10)18-13-14-7-2-8-15-13/h2-8H,9H2,1H3,(H,16,17). The molecule has 5 nitrogen and oxygen atoms in total. The number of carbonyl (C=O) groups excluding carboxylic acids is 1. The number of hydrogen-bond acceptors (Lipinski definition) is 5. The van der Waals surface area contributed by atoms with Gasteiger partial charge in [-0.3, -0.25) is 4.79 Å².